The second kappa shape index (κ2) is 4.45. The summed E-state index contributed by atoms with van der Waals surface area (Å²) < 4.78 is 0. The molecule has 1 aliphatic heterocycles. The fourth-order valence-corrected chi connectivity index (χ4v) is 3.91. The second-order valence-electron chi connectivity index (χ2n) is 6.08. The minimum atomic E-state index is 0.553. The van der Waals surface area contributed by atoms with E-state index in [1.54, 1.807) is 11.1 Å². The van der Waals surface area contributed by atoms with Crippen molar-refractivity contribution in [1.82, 2.24) is 0 Å². The lowest BCUT2D eigenvalue weighted by atomic mass is 9.72. The van der Waals surface area contributed by atoms with Gasteiger partial charge in [-0.05, 0) is 24.8 Å². The van der Waals surface area contributed by atoms with Crippen LogP contribution in [-0.2, 0) is 13.0 Å². The van der Waals surface area contributed by atoms with Gasteiger partial charge in [0.15, 0.2) is 0 Å². The van der Waals surface area contributed by atoms with Gasteiger partial charge in [0, 0.05) is 24.3 Å². The van der Waals surface area contributed by atoms with Crippen LogP contribution in [0.3, 0.4) is 0 Å². The second-order valence-corrected chi connectivity index (χ2v) is 6.08. The Balaban J connectivity index is 1.88. The van der Waals surface area contributed by atoms with Gasteiger partial charge in [0.25, 0.3) is 0 Å². The maximum absolute atomic E-state index is 2.67. The normalized spacial score (nSPS) is 27.5. The number of nitrogens with two attached hydrogens (primary N) is 1. The lowest BCUT2D eigenvalue weighted by Crippen LogP contribution is -2.97. The van der Waals surface area contributed by atoms with Gasteiger partial charge in [-0.3, -0.25) is 0 Å². The summed E-state index contributed by atoms with van der Waals surface area (Å²) in [5.41, 5.74) is 3.72. The third kappa shape index (κ3) is 2.01. The van der Waals surface area contributed by atoms with Crippen LogP contribution in [-0.4, -0.2) is 5.54 Å². The molecule has 0 bridgehead atoms. The molecule has 17 heavy (non-hydrogen) atoms. The minimum Gasteiger partial charge on any atom is -0.337 e. The summed E-state index contributed by atoms with van der Waals surface area (Å²) in [5, 5.41) is 2.67. The Morgan fingerprint density at radius 3 is 2.53 bits per heavy atom. The summed E-state index contributed by atoms with van der Waals surface area (Å²) in [4.78, 5) is 0. The number of rotatable bonds is 0. The summed E-state index contributed by atoms with van der Waals surface area (Å²) in [7, 11) is 0. The van der Waals surface area contributed by atoms with Gasteiger partial charge < -0.3 is 5.32 Å². The Kier molecular flexibility index (Phi) is 2.96. The van der Waals surface area contributed by atoms with E-state index in [9.17, 15) is 0 Å². The van der Waals surface area contributed by atoms with Gasteiger partial charge in [-0.2, -0.15) is 0 Å². The molecule has 3 rings (SSSR count). The van der Waals surface area contributed by atoms with Gasteiger partial charge in [-0.15, -0.1) is 0 Å². The fraction of sp³-hybridized carbons (Fsp3) is 0.625. The minimum absolute atomic E-state index is 0.553. The van der Waals surface area contributed by atoms with Crippen molar-refractivity contribution in [1.29, 1.82) is 0 Å². The molecule has 2 N–H and O–H groups in total. The molecule has 1 heterocycles. The molecule has 1 aromatic rings. The van der Waals surface area contributed by atoms with E-state index in [0.29, 0.717) is 5.54 Å². The van der Waals surface area contributed by atoms with Crippen molar-refractivity contribution in [3.05, 3.63) is 35.4 Å². The van der Waals surface area contributed by atoms with Gasteiger partial charge in [0.05, 0.1) is 5.54 Å². The zero-order chi connectivity index (χ0) is 11.7. The first-order valence-electron chi connectivity index (χ1n) is 7.21. The Hall–Kier alpha value is -0.820. The SMILES string of the molecule is C[C@H]1Cc2ccccc2C[NH2+]C12CCCCC2. The van der Waals surface area contributed by atoms with Crippen LogP contribution in [0.15, 0.2) is 24.3 Å². The number of fused-ring (bicyclic) bond motifs is 1. The first-order valence-corrected chi connectivity index (χ1v) is 7.21. The highest BCUT2D eigenvalue weighted by atomic mass is 15.0. The van der Waals surface area contributed by atoms with Crippen molar-refractivity contribution in [2.24, 2.45) is 5.92 Å². The number of hydrogen-bond acceptors (Lipinski definition) is 0. The average molecular weight is 230 g/mol. The van der Waals surface area contributed by atoms with Gasteiger partial charge in [-0.25, -0.2) is 0 Å². The highest BCUT2D eigenvalue weighted by Gasteiger charge is 2.42. The third-order valence-corrected chi connectivity index (χ3v) is 5.14. The van der Waals surface area contributed by atoms with E-state index in [2.05, 4.69) is 36.5 Å². The molecule has 92 valence electrons. The molecule has 1 spiro atoms. The highest BCUT2D eigenvalue weighted by Crippen LogP contribution is 2.34. The zero-order valence-electron chi connectivity index (χ0n) is 10.9. The lowest BCUT2D eigenvalue weighted by Gasteiger charge is -2.38. The van der Waals surface area contributed by atoms with Gasteiger partial charge in [-0.1, -0.05) is 37.6 Å². The molecule has 1 atom stereocenters. The zero-order valence-corrected chi connectivity index (χ0v) is 10.9. The monoisotopic (exact) mass is 230 g/mol. The van der Waals surface area contributed by atoms with E-state index in [-0.39, 0.29) is 0 Å². The quantitative estimate of drug-likeness (QED) is 0.705. The molecule has 0 saturated heterocycles. The summed E-state index contributed by atoms with van der Waals surface area (Å²) in [6.45, 7) is 3.67. The van der Waals surface area contributed by atoms with E-state index in [4.69, 9.17) is 0 Å². The predicted octanol–water partition coefficient (Wildman–Crippen LogP) is 2.65. The number of hydrogen-bond donors (Lipinski definition) is 1. The molecule has 1 fully saturated rings. The van der Waals surface area contributed by atoms with Crippen LogP contribution < -0.4 is 5.32 Å². The van der Waals surface area contributed by atoms with Crippen molar-refractivity contribution < 1.29 is 5.32 Å². The molecule has 0 amide bonds. The van der Waals surface area contributed by atoms with Crippen molar-refractivity contribution in [2.45, 2.75) is 57.5 Å². The van der Waals surface area contributed by atoms with Crippen LogP contribution in [0.1, 0.15) is 50.2 Å². The van der Waals surface area contributed by atoms with E-state index in [1.165, 1.54) is 45.1 Å². The molecule has 0 aromatic heterocycles. The fourth-order valence-electron chi connectivity index (χ4n) is 3.91. The smallest absolute Gasteiger partial charge is 0.102 e. The summed E-state index contributed by atoms with van der Waals surface area (Å²) in [5.74, 6) is 0.825. The third-order valence-electron chi connectivity index (χ3n) is 5.14. The number of quaternary nitrogens is 1. The van der Waals surface area contributed by atoms with Gasteiger partial charge in [0.1, 0.15) is 6.54 Å². The highest BCUT2D eigenvalue weighted by molar-refractivity contribution is 5.27. The van der Waals surface area contributed by atoms with Crippen LogP contribution in [0.5, 0.6) is 0 Å². The molecule has 1 saturated carbocycles. The maximum Gasteiger partial charge on any atom is 0.102 e. The van der Waals surface area contributed by atoms with Crippen LogP contribution in [0.25, 0.3) is 0 Å². The molecule has 1 aromatic carbocycles. The molecule has 1 aliphatic carbocycles. The Morgan fingerprint density at radius 2 is 1.76 bits per heavy atom. The Morgan fingerprint density at radius 1 is 1.06 bits per heavy atom. The average Bonchev–Trinajstić information content (AvgIpc) is 2.50. The van der Waals surface area contributed by atoms with E-state index in [0.717, 1.165) is 5.92 Å². The molecular formula is C16H24N+. The van der Waals surface area contributed by atoms with E-state index < -0.39 is 0 Å². The van der Waals surface area contributed by atoms with Crippen molar-refractivity contribution in [3.8, 4) is 0 Å². The van der Waals surface area contributed by atoms with Crippen molar-refractivity contribution in [2.75, 3.05) is 0 Å². The molecule has 2 aliphatic rings. The summed E-state index contributed by atoms with van der Waals surface area (Å²) in [6.07, 6.45) is 8.49. The van der Waals surface area contributed by atoms with Crippen LogP contribution in [0.2, 0.25) is 0 Å². The first kappa shape index (κ1) is 11.3. The molecule has 0 radical (unpaired) electrons. The number of benzene rings is 1. The van der Waals surface area contributed by atoms with Gasteiger partial charge in [0.2, 0.25) is 0 Å². The largest absolute Gasteiger partial charge is 0.337 e. The standard InChI is InChI=1S/C16H23N/c1-13-11-14-7-3-4-8-15(14)12-17-16(13)9-5-2-6-10-16/h3-4,7-8,13,17H,2,5-6,9-12H2,1H3/p+1/t13-/m0/s1. The maximum atomic E-state index is 2.67. The van der Waals surface area contributed by atoms with Crippen LogP contribution >= 0.6 is 0 Å². The molecule has 1 nitrogen and oxygen atoms in total. The van der Waals surface area contributed by atoms with Crippen LogP contribution in [0.4, 0.5) is 0 Å². The van der Waals surface area contributed by atoms with Crippen molar-refractivity contribution >= 4 is 0 Å². The summed E-state index contributed by atoms with van der Waals surface area (Å²) >= 11 is 0. The van der Waals surface area contributed by atoms with Crippen LogP contribution in [0, 0.1) is 5.92 Å². The summed E-state index contributed by atoms with van der Waals surface area (Å²) in [6, 6.07) is 9.04. The molecule has 1 heteroatoms. The topological polar surface area (TPSA) is 16.6 Å². The Labute approximate surface area is 105 Å². The van der Waals surface area contributed by atoms with Crippen molar-refractivity contribution in [3.63, 3.8) is 0 Å². The molecule has 0 unspecified atom stereocenters. The van der Waals surface area contributed by atoms with E-state index >= 15 is 0 Å². The van der Waals surface area contributed by atoms with E-state index in [1.807, 2.05) is 0 Å². The lowest BCUT2D eigenvalue weighted by molar-refractivity contribution is -0.750. The molecular weight excluding hydrogens is 206 g/mol. The first-order chi connectivity index (χ1) is 8.30. The Bertz CT molecular complexity index is 390. The van der Waals surface area contributed by atoms with Gasteiger partial charge >= 0.3 is 0 Å². The predicted molar refractivity (Wildman–Crippen MR) is 70.8 cm³/mol.